The van der Waals surface area contributed by atoms with Gasteiger partial charge in [0.05, 0.1) is 12.3 Å². The Hall–Kier alpha value is -2.27. The number of aryl methyl sites for hydroxylation is 1. The summed E-state index contributed by atoms with van der Waals surface area (Å²) in [7, 11) is 3.90. The van der Waals surface area contributed by atoms with Crippen LogP contribution >= 0.6 is 0 Å². The Kier molecular flexibility index (Phi) is 4.65. The molecule has 0 spiro atoms. The van der Waals surface area contributed by atoms with E-state index in [1.54, 1.807) is 24.5 Å². The number of nitrogens with two attached hydrogens (primary N) is 1. The summed E-state index contributed by atoms with van der Waals surface area (Å²) in [6, 6.07) is 9.03. The highest BCUT2D eigenvalue weighted by Crippen LogP contribution is 2.18. The van der Waals surface area contributed by atoms with Crippen LogP contribution in [-0.2, 0) is 0 Å². The second kappa shape index (κ2) is 6.45. The third-order valence-corrected chi connectivity index (χ3v) is 3.48. The maximum absolute atomic E-state index is 12.2. The summed E-state index contributed by atoms with van der Waals surface area (Å²) >= 11 is 0. The van der Waals surface area contributed by atoms with Gasteiger partial charge in [-0.2, -0.15) is 0 Å². The van der Waals surface area contributed by atoms with E-state index in [9.17, 15) is 4.79 Å². The molecule has 5 nitrogen and oxygen atoms in total. The number of nitrogens with one attached hydrogen (secondary N) is 1. The average Bonchev–Trinajstić information content (AvgIpc) is 2.95. The lowest BCUT2D eigenvalue weighted by atomic mass is 10.1. The van der Waals surface area contributed by atoms with Crippen molar-refractivity contribution in [2.75, 3.05) is 26.4 Å². The summed E-state index contributed by atoms with van der Waals surface area (Å²) in [5.41, 5.74) is 7.96. The smallest absolute Gasteiger partial charge is 0.251 e. The molecule has 3 N–H and O–H groups in total. The van der Waals surface area contributed by atoms with Crippen LogP contribution in [0.15, 0.2) is 41.0 Å². The lowest BCUT2D eigenvalue weighted by molar-refractivity contribution is 0.0939. The van der Waals surface area contributed by atoms with Crippen molar-refractivity contribution in [3.05, 3.63) is 53.5 Å². The van der Waals surface area contributed by atoms with Crippen LogP contribution in [-0.4, -0.2) is 31.4 Å². The zero-order valence-corrected chi connectivity index (χ0v) is 12.6. The minimum absolute atomic E-state index is 0.00108. The molecule has 1 unspecified atom stereocenters. The molecule has 2 aromatic rings. The maximum atomic E-state index is 12.2. The van der Waals surface area contributed by atoms with Gasteiger partial charge >= 0.3 is 0 Å². The van der Waals surface area contributed by atoms with E-state index in [4.69, 9.17) is 10.2 Å². The van der Waals surface area contributed by atoms with Crippen LogP contribution in [0.5, 0.6) is 0 Å². The highest BCUT2D eigenvalue weighted by atomic mass is 16.3. The normalized spacial score (nSPS) is 12.4. The molecule has 0 bridgehead atoms. The van der Waals surface area contributed by atoms with E-state index in [2.05, 4.69) is 5.32 Å². The molecule has 1 atom stereocenters. The first kappa shape index (κ1) is 15.1. The lowest BCUT2D eigenvalue weighted by Gasteiger charge is -2.22. The first-order chi connectivity index (χ1) is 9.99. The third kappa shape index (κ3) is 3.64. The van der Waals surface area contributed by atoms with Crippen LogP contribution < -0.4 is 11.1 Å². The standard InChI is InChI=1S/C16H21N3O2/c1-11-9-12(6-7-13(11)17)16(20)18-10-14(19(2)3)15-5-4-8-21-15/h4-9,14H,10,17H2,1-3H3,(H,18,20). The molecule has 112 valence electrons. The number of furan rings is 1. The highest BCUT2D eigenvalue weighted by Gasteiger charge is 2.18. The summed E-state index contributed by atoms with van der Waals surface area (Å²) in [6.07, 6.45) is 1.64. The minimum atomic E-state index is -0.114. The zero-order valence-electron chi connectivity index (χ0n) is 12.6. The van der Waals surface area contributed by atoms with Crippen LogP contribution in [0.4, 0.5) is 5.69 Å². The fraction of sp³-hybridized carbons (Fsp3) is 0.312. The number of hydrogen-bond acceptors (Lipinski definition) is 4. The van der Waals surface area contributed by atoms with Gasteiger partial charge < -0.3 is 15.5 Å². The average molecular weight is 287 g/mol. The molecule has 0 aliphatic heterocycles. The Bertz CT molecular complexity index is 606. The number of hydrogen-bond donors (Lipinski definition) is 2. The summed E-state index contributed by atoms with van der Waals surface area (Å²) in [6.45, 7) is 2.36. The first-order valence-corrected chi connectivity index (χ1v) is 6.83. The van der Waals surface area contributed by atoms with E-state index in [-0.39, 0.29) is 11.9 Å². The summed E-state index contributed by atoms with van der Waals surface area (Å²) in [5.74, 6) is 0.713. The molecule has 0 aliphatic carbocycles. The first-order valence-electron chi connectivity index (χ1n) is 6.83. The van der Waals surface area contributed by atoms with Crippen molar-refractivity contribution >= 4 is 11.6 Å². The molecule has 1 amide bonds. The molecule has 1 aromatic heterocycles. The molecule has 5 heteroatoms. The Morgan fingerprint density at radius 3 is 2.71 bits per heavy atom. The molecular weight excluding hydrogens is 266 g/mol. The number of carbonyl (C=O) groups is 1. The van der Waals surface area contributed by atoms with Gasteiger partial charge in [0.1, 0.15) is 5.76 Å². The summed E-state index contributed by atoms with van der Waals surface area (Å²) in [5, 5.41) is 2.93. The Balaban J connectivity index is 2.03. The van der Waals surface area contributed by atoms with Crippen molar-refractivity contribution in [2.24, 2.45) is 0 Å². The van der Waals surface area contributed by atoms with Gasteiger partial charge in [0.25, 0.3) is 5.91 Å². The van der Waals surface area contributed by atoms with Gasteiger partial charge in [0.15, 0.2) is 0 Å². The van der Waals surface area contributed by atoms with Crippen LogP contribution in [0.1, 0.15) is 27.7 Å². The predicted molar refractivity (Wildman–Crippen MR) is 83.1 cm³/mol. The third-order valence-electron chi connectivity index (χ3n) is 3.48. The monoisotopic (exact) mass is 287 g/mol. The van der Waals surface area contributed by atoms with E-state index in [1.165, 1.54) is 0 Å². The van der Waals surface area contributed by atoms with E-state index in [0.29, 0.717) is 17.8 Å². The van der Waals surface area contributed by atoms with Crippen LogP contribution in [0.2, 0.25) is 0 Å². The lowest BCUT2D eigenvalue weighted by Crippen LogP contribution is -2.34. The number of rotatable bonds is 5. The van der Waals surface area contributed by atoms with Gasteiger partial charge in [0, 0.05) is 17.8 Å². The van der Waals surface area contributed by atoms with Crippen LogP contribution in [0.3, 0.4) is 0 Å². The fourth-order valence-electron chi connectivity index (χ4n) is 2.13. The van der Waals surface area contributed by atoms with Gasteiger partial charge in [-0.3, -0.25) is 9.69 Å². The number of likely N-dealkylation sites (N-methyl/N-ethyl adjacent to an activating group) is 1. The molecular formula is C16H21N3O2. The number of anilines is 1. The molecule has 2 rings (SSSR count). The van der Waals surface area contributed by atoms with Gasteiger partial charge in [0.2, 0.25) is 0 Å². The number of nitrogen functional groups attached to an aromatic ring is 1. The molecule has 1 aromatic carbocycles. The van der Waals surface area contributed by atoms with Crippen molar-refractivity contribution < 1.29 is 9.21 Å². The Morgan fingerprint density at radius 2 is 2.14 bits per heavy atom. The van der Waals surface area contributed by atoms with Crippen LogP contribution in [0.25, 0.3) is 0 Å². The van der Waals surface area contributed by atoms with Crippen molar-refractivity contribution in [3.63, 3.8) is 0 Å². The van der Waals surface area contributed by atoms with E-state index >= 15 is 0 Å². The second-order valence-electron chi connectivity index (χ2n) is 5.28. The molecule has 1 heterocycles. The molecule has 21 heavy (non-hydrogen) atoms. The quantitative estimate of drug-likeness (QED) is 0.827. The molecule has 0 radical (unpaired) electrons. The van der Waals surface area contributed by atoms with E-state index in [0.717, 1.165) is 11.3 Å². The molecule has 0 saturated carbocycles. The Labute approximate surface area is 124 Å². The number of benzene rings is 1. The number of nitrogens with zero attached hydrogens (tertiary/aromatic N) is 1. The predicted octanol–water partition coefficient (Wildman–Crippen LogP) is 2.20. The molecule has 0 fully saturated rings. The summed E-state index contributed by atoms with van der Waals surface area (Å²) < 4.78 is 5.42. The van der Waals surface area contributed by atoms with Gasteiger partial charge in [-0.1, -0.05) is 0 Å². The molecule has 0 saturated heterocycles. The zero-order chi connectivity index (χ0) is 15.4. The number of carbonyl (C=O) groups excluding carboxylic acids is 1. The largest absolute Gasteiger partial charge is 0.468 e. The van der Waals surface area contributed by atoms with Crippen molar-refractivity contribution in [3.8, 4) is 0 Å². The van der Waals surface area contributed by atoms with Crippen LogP contribution in [0, 0.1) is 6.92 Å². The van der Waals surface area contributed by atoms with Crippen molar-refractivity contribution in [2.45, 2.75) is 13.0 Å². The van der Waals surface area contributed by atoms with Crippen molar-refractivity contribution in [1.29, 1.82) is 0 Å². The topological polar surface area (TPSA) is 71.5 Å². The highest BCUT2D eigenvalue weighted by molar-refractivity contribution is 5.94. The maximum Gasteiger partial charge on any atom is 0.251 e. The van der Waals surface area contributed by atoms with Gasteiger partial charge in [-0.05, 0) is 56.9 Å². The van der Waals surface area contributed by atoms with E-state index in [1.807, 2.05) is 38.1 Å². The SMILES string of the molecule is Cc1cc(C(=O)NCC(c2ccco2)N(C)C)ccc1N. The number of amides is 1. The summed E-state index contributed by atoms with van der Waals surface area (Å²) in [4.78, 5) is 14.2. The molecule has 0 aliphatic rings. The minimum Gasteiger partial charge on any atom is -0.468 e. The fourth-order valence-corrected chi connectivity index (χ4v) is 2.13. The van der Waals surface area contributed by atoms with Gasteiger partial charge in [-0.15, -0.1) is 0 Å². The van der Waals surface area contributed by atoms with Gasteiger partial charge in [-0.25, -0.2) is 0 Å². The second-order valence-corrected chi connectivity index (χ2v) is 5.28. The van der Waals surface area contributed by atoms with E-state index < -0.39 is 0 Å². The Morgan fingerprint density at radius 1 is 1.38 bits per heavy atom. The van der Waals surface area contributed by atoms with Crippen molar-refractivity contribution in [1.82, 2.24) is 10.2 Å².